The summed E-state index contributed by atoms with van der Waals surface area (Å²) in [5.74, 6) is -1.71. The molecule has 1 atom stereocenters. The van der Waals surface area contributed by atoms with E-state index >= 15 is 0 Å². The first-order valence-electron chi connectivity index (χ1n) is 11.3. The van der Waals surface area contributed by atoms with Crippen LogP contribution >= 0.6 is 11.6 Å². The summed E-state index contributed by atoms with van der Waals surface area (Å²) in [6.07, 6.45) is 2.28. The first-order chi connectivity index (χ1) is 17.4. The Balaban J connectivity index is 1.56. The molecule has 1 fully saturated rings. The summed E-state index contributed by atoms with van der Waals surface area (Å²) in [4.78, 5) is 30.9. The summed E-state index contributed by atoms with van der Waals surface area (Å²) < 4.78 is 19.5. The molecule has 1 amide bonds. The van der Waals surface area contributed by atoms with Gasteiger partial charge in [-0.1, -0.05) is 23.7 Å². The van der Waals surface area contributed by atoms with E-state index in [4.69, 9.17) is 16.3 Å². The highest BCUT2D eigenvalue weighted by molar-refractivity contribution is 6.46. The van der Waals surface area contributed by atoms with E-state index in [1.807, 2.05) is 24.4 Å². The van der Waals surface area contributed by atoms with E-state index in [2.05, 4.69) is 4.98 Å². The highest BCUT2D eigenvalue weighted by Gasteiger charge is 2.46. The van der Waals surface area contributed by atoms with Crippen LogP contribution in [0.25, 0.3) is 16.7 Å². The van der Waals surface area contributed by atoms with Crippen molar-refractivity contribution in [2.45, 2.75) is 12.5 Å². The molecule has 3 aromatic carbocycles. The number of aliphatic hydroxyl groups excluding tert-OH is 1. The molecule has 0 saturated carbocycles. The van der Waals surface area contributed by atoms with Crippen molar-refractivity contribution in [3.05, 3.63) is 106 Å². The molecule has 4 aromatic rings. The highest BCUT2D eigenvalue weighted by Crippen LogP contribution is 2.40. The van der Waals surface area contributed by atoms with Gasteiger partial charge in [-0.2, -0.15) is 0 Å². The minimum Gasteiger partial charge on any atom is -0.507 e. The SMILES string of the molecule is COc1ccc2[nH]cc(CCN3C(=O)C(=O)C(=C(O)c4ccc(Cl)cc4)[C@H]3c3cccc(F)c3)c2c1. The molecule has 1 aromatic heterocycles. The van der Waals surface area contributed by atoms with Crippen LogP contribution in [0, 0.1) is 5.82 Å². The van der Waals surface area contributed by atoms with Gasteiger partial charge >= 0.3 is 0 Å². The number of methoxy groups -OCH3 is 1. The number of benzene rings is 3. The molecule has 1 saturated heterocycles. The smallest absolute Gasteiger partial charge is 0.295 e. The molecule has 2 N–H and O–H groups in total. The molecule has 0 bridgehead atoms. The van der Waals surface area contributed by atoms with Gasteiger partial charge in [-0.3, -0.25) is 9.59 Å². The number of Topliss-reactive ketones (excluding diaryl/α,β-unsaturated/α-hetero) is 1. The number of likely N-dealkylation sites (tertiary alicyclic amines) is 1. The van der Waals surface area contributed by atoms with Crippen LogP contribution in [0.15, 0.2) is 78.5 Å². The molecule has 8 heteroatoms. The number of amides is 1. The second-order valence-corrected chi connectivity index (χ2v) is 8.97. The number of aliphatic hydroxyl groups is 1. The number of H-pyrrole nitrogens is 1. The van der Waals surface area contributed by atoms with E-state index in [1.165, 1.54) is 23.1 Å². The summed E-state index contributed by atoms with van der Waals surface area (Å²) in [5, 5.41) is 12.5. The van der Waals surface area contributed by atoms with Crippen molar-refractivity contribution in [3.8, 4) is 5.75 Å². The van der Waals surface area contributed by atoms with E-state index in [9.17, 15) is 19.1 Å². The molecule has 182 valence electrons. The van der Waals surface area contributed by atoms with Gasteiger partial charge in [-0.05, 0) is 72.1 Å². The summed E-state index contributed by atoms with van der Waals surface area (Å²) in [6, 6.07) is 16.7. The van der Waals surface area contributed by atoms with Crippen LogP contribution in [0.2, 0.25) is 5.02 Å². The molecule has 1 aliphatic rings. The van der Waals surface area contributed by atoms with Crippen molar-refractivity contribution in [1.29, 1.82) is 0 Å². The molecule has 0 radical (unpaired) electrons. The van der Waals surface area contributed by atoms with E-state index < -0.39 is 23.5 Å². The number of carbonyl (C=O) groups is 2. The highest BCUT2D eigenvalue weighted by atomic mass is 35.5. The van der Waals surface area contributed by atoms with Crippen LogP contribution in [0.5, 0.6) is 5.75 Å². The van der Waals surface area contributed by atoms with E-state index in [-0.39, 0.29) is 17.9 Å². The van der Waals surface area contributed by atoms with Crippen molar-refractivity contribution >= 4 is 40.0 Å². The van der Waals surface area contributed by atoms with Crippen LogP contribution in [-0.4, -0.2) is 40.3 Å². The predicted molar refractivity (Wildman–Crippen MR) is 135 cm³/mol. The molecule has 6 nitrogen and oxygen atoms in total. The Morgan fingerprint density at radius 1 is 1.11 bits per heavy atom. The van der Waals surface area contributed by atoms with E-state index in [0.717, 1.165) is 16.5 Å². The van der Waals surface area contributed by atoms with Gasteiger partial charge < -0.3 is 19.7 Å². The largest absolute Gasteiger partial charge is 0.507 e. The fourth-order valence-electron chi connectivity index (χ4n) is 4.63. The number of halogens is 2. The number of ketones is 1. The number of nitrogens with zero attached hydrogens (tertiary/aromatic N) is 1. The predicted octanol–water partition coefficient (Wildman–Crippen LogP) is 5.63. The van der Waals surface area contributed by atoms with E-state index in [0.29, 0.717) is 28.3 Å². The lowest BCUT2D eigenvalue weighted by Crippen LogP contribution is -2.31. The number of rotatable bonds is 6. The molecule has 0 unspecified atom stereocenters. The van der Waals surface area contributed by atoms with Crippen molar-refractivity contribution in [1.82, 2.24) is 9.88 Å². The second-order valence-electron chi connectivity index (χ2n) is 8.53. The lowest BCUT2D eigenvalue weighted by atomic mass is 9.95. The fraction of sp³-hybridized carbons (Fsp3) is 0.143. The van der Waals surface area contributed by atoms with Gasteiger partial charge in [0, 0.05) is 34.2 Å². The maximum Gasteiger partial charge on any atom is 0.295 e. The first kappa shape index (κ1) is 23.6. The van der Waals surface area contributed by atoms with Crippen LogP contribution < -0.4 is 4.74 Å². The quantitative estimate of drug-likeness (QED) is 0.202. The fourth-order valence-corrected chi connectivity index (χ4v) is 4.76. The van der Waals surface area contributed by atoms with E-state index in [1.54, 1.807) is 37.4 Å². The third kappa shape index (κ3) is 4.22. The van der Waals surface area contributed by atoms with Crippen LogP contribution in [0.4, 0.5) is 4.39 Å². The molecule has 36 heavy (non-hydrogen) atoms. The molecule has 5 rings (SSSR count). The average Bonchev–Trinajstić information content (AvgIpc) is 3.40. The van der Waals surface area contributed by atoms with Crippen LogP contribution in [0.1, 0.15) is 22.7 Å². The standard InChI is InChI=1S/C28H22ClFN2O4/c1-36-21-9-10-23-22(14-21)18(15-31-23)11-12-32-25(17-3-2-4-20(30)13-17)24(27(34)28(32)35)26(33)16-5-7-19(29)8-6-16/h2-10,13-15,25,31,33H,11-12H2,1H3/t25-/m1/s1. The molecular formula is C28H22ClFN2O4. The molecule has 0 aliphatic carbocycles. The van der Waals surface area contributed by atoms with Gasteiger partial charge in [0.15, 0.2) is 0 Å². The summed E-state index contributed by atoms with van der Waals surface area (Å²) >= 11 is 5.96. The Bertz CT molecular complexity index is 1510. The normalized spacial score (nSPS) is 17.2. The number of nitrogens with one attached hydrogen (secondary N) is 1. The van der Waals surface area contributed by atoms with Crippen molar-refractivity contribution in [2.75, 3.05) is 13.7 Å². The molecule has 0 spiro atoms. The van der Waals surface area contributed by atoms with Crippen LogP contribution in [-0.2, 0) is 16.0 Å². The number of carbonyl (C=O) groups excluding carboxylic acids is 2. The Labute approximate surface area is 211 Å². The average molecular weight is 505 g/mol. The lowest BCUT2D eigenvalue weighted by Gasteiger charge is -2.25. The topological polar surface area (TPSA) is 82.6 Å². The number of hydrogen-bond donors (Lipinski definition) is 2. The van der Waals surface area contributed by atoms with Gasteiger partial charge in [0.2, 0.25) is 0 Å². The van der Waals surface area contributed by atoms with Crippen LogP contribution in [0.3, 0.4) is 0 Å². The third-order valence-corrected chi connectivity index (χ3v) is 6.67. The van der Waals surface area contributed by atoms with Gasteiger partial charge in [-0.15, -0.1) is 0 Å². The number of ether oxygens (including phenoxy) is 1. The van der Waals surface area contributed by atoms with Gasteiger partial charge in [-0.25, -0.2) is 4.39 Å². The second kappa shape index (κ2) is 9.51. The minimum atomic E-state index is -0.948. The zero-order chi connectivity index (χ0) is 25.4. The lowest BCUT2D eigenvalue weighted by molar-refractivity contribution is -0.139. The molecule has 2 heterocycles. The van der Waals surface area contributed by atoms with Gasteiger partial charge in [0.05, 0.1) is 18.7 Å². The van der Waals surface area contributed by atoms with Gasteiger partial charge in [0.1, 0.15) is 17.3 Å². The maximum atomic E-state index is 14.2. The minimum absolute atomic E-state index is 0.0893. The third-order valence-electron chi connectivity index (χ3n) is 6.42. The number of aromatic nitrogens is 1. The van der Waals surface area contributed by atoms with Crippen molar-refractivity contribution < 1.29 is 23.8 Å². The zero-order valence-electron chi connectivity index (χ0n) is 19.3. The molecular weight excluding hydrogens is 483 g/mol. The number of fused-ring (bicyclic) bond motifs is 1. The number of aromatic amines is 1. The summed E-state index contributed by atoms with van der Waals surface area (Å²) in [5.41, 5.74) is 2.49. The summed E-state index contributed by atoms with van der Waals surface area (Å²) in [6.45, 7) is 0.174. The Hall–Kier alpha value is -4.10. The Morgan fingerprint density at radius 2 is 1.89 bits per heavy atom. The Kier molecular flexibility index (Phi) is 6.24. The Morgan fingerprint density at radius 3 is 2.61 bits per heavy atom. The van der Waals surface area contributed by atoms with Crippen molar-refractivity contribution in [2.24, 2.45) is 0 Å². The van der Waals surface area contributed by atoms with Crippen molar-refractivity contribution in [3.63, 3.8) is 0 Å². The maximum absolute atomic E-state index is 14.2. The summed E-state index contributed by atoms with van der Waals surface area (Å²) in [7, 11) is 1.59. The molecule has 1 aliphatic heterocycles. The monoisotopic (exact) mass is 504 g/mol. The zero-order valence-corrected chi connectivity index (χ0v) is 20.1. The van der Waals surface area contributed by atoms with Gasteiger partial charge in [0.25, 0.3) is 11.7 Å². The first-order valence-corrected chi connectivity index (χ1v) is 11.7. The number of hydrogen-bond acceptors (Lipinski definition) is 4.